The Kier molecular flexibility index (Phi) is 6.99. The quantitative estimate of drug-likeness (QED) is 0.797. The number of rotatable bonds is 6. The van der Waals surface area contributed by atoms with Crippen LogP contribution in [-0.2, 0) is 11.2 Å². The van der Waals surface area contributed by atoms with Gasteiger partial charge in [0.15, 0.2) is 0 Å². The molecule has 0 atom stereocenters. The normalized spacial score (nSPS) is 12.8. The zero-order chi connectivity index (χ0) is 18.5. The monoisotopic (exact) mass is 339 g/mol. The van der Waals surface area contributed by atoms with E-state index in [2.05, 4.69) is 15.5 Å². The first-order chi connectivity index (χ1) is 11.0. The van der Waals surface area contributed by atoms with Crippen molar-refractivity contribution in [1.82, 2.24) is 15.5 Å². The van der Waals surface area contributed by atoms with Gasteiger partial charge in [-0.3, -0.25) is 5.10 Å². The number of ether oxygens (including phenoxy) is 1. The predicted octanol–water partition coefficient (Wildman–Crippen LogP) is 4.58. The molecule has 2 N–H and O–H groups in total. The fourth-order valence-corrected chi connectivity index (χ4v) is 2.33. The fraction of sp³-hybridized carbons (Fsp3) is 0.667. The van der Waals surface area contributed by atoms with Gasteiger partial charge in [-0.15, -0.1) is 0 Å². The molecular formula is C18H30FN3O2. The van der Waals surface area contributed by atoms with Crippen molar-refractivity contribution in [3.63, 3.8) is 0 Å². The lowest BCUT2D eigenvalue weighted by Crippen LogP contribution is -2.32. The summed E-state index contributed by atoms with van der Waals surface area (Å²) >= 11 is 0. The molecule has 1 heterocycles. The van der Waals surface area contributed by atoms with E-state index in [4.69, 9.17) is 4.74 Å². The number of aromatic nitrogens is 2. The van der Waals surface area contributed by atoms with Gasteiger partial charge >= 0.3 is 6.09 Å². The highest BCUT2D eigenvalue weighted by Gasteiger charge is 2.19. The van der Waals surface area contributed by atoms with Gasteiger partial charge in [0.2, 0.25) is 0 Å². The lowest BCUT2D eigenvalue weighted by molar-refractivity contribution is 0.0534. The minimum atomic E-state index is -0.568. The molecule has 0 unspecified atom stereocenters. The van der Waals surface area contributed by atoms with Gasteiger partial charge in [0.05, 0.1) is 5.69 Å². The van der Waals surface area contributed by atoms with E-state index >= 15 is 0 Å². The lowest BCUT2D eigenvalue weighted by atomic mass is 9.96. The van der Waals surface area contributed by atoms with E-state index in [0.29, 0.717) is 0 Å². The zero-order valence-electron chi connectivity index (χ0n) is 15.8. The third kappa shape index (κ3) is 6.34. The minimum absolute atomic E-state index is 0.0899. The number of carbonyl (C=O) groups excluding carboxylic acids is 1. The molecule has 0 aliphatic heterocycles. The molecule has 1 aromatic rings. The minimum Gasteiger partial charge on any atom is -0.444 e. The maximum absolute atomic E-state index is 14.3. The average Bonchev–Trinajstić information content (AvgIpc) is 2.80. The number of amides is 1. The first-order valence-electron chi connectivity index (χ1n) is 8.39. The van der Waals surface area contributed by atoms with E-state index in [9.17, 15) is 9.18 Å². The number of alkyl carbamates (subject to hydrolysis) is 1. The van der Waals surface area contributed by atoms with E-state index in [1.807, 2.05) is 27.7 Å². The third-order valence-electron chi connectivity index (χ3n) is 3.37. The molecule has 0 spiro atoms. The van der Waals surface area contributed by atoms with Crippen LogP contribution in [0.5, 0.6) is 0 Å². The number of aromatic amines is 1. The molecule has 0 bridgehead atoms. The van der Waals surface area contributed by atoms with Crippen molar-refractivity contribution >= 4 is 6.09 Å². The van der Waals surface area contributed by atoms with Crippen LogP contribution < -0.4 is 5.32 Å². The Hall–Kier alpha value is -1.85. The van der Waals surface area contributed by atoms with Gasteiger partial charge in [0, 0.05) is 24.2 Å². The summed E-state index contributed by atoms with van der Waals surface area (Å²) in [5, 5.41) is 9.88. The standard InChI is InChI=1S/C18H30FN3O2/c1-11(2)15-14(16(12(3)4)22-21-15)10-13(19)8-9-20-17(23)24-18(5,6)7/h8,11-12H,9-10H2,1-7H3,(H,20,23)(H,21,22)/b13-8-. The topological polar surface area (TPSA) is 67.0 Å². The Morgan fingerprint density at radius 3 is 2.42 bits per heavy atom. The number of nitrogens with one attached hydrogen (secondary N) is 2. The van der Waals surface area contributed by atoms with Crippen LogP contribution in [0.2, 0.25) is 0 Å². The molecule has 136 valence electrons. The van der Waals surface area contributed by atoms with E-state index < -0.39 is 11.7 Å². The summed E-state index contributed by atoms with van der Waals surface area (Å²) in [6.45, 7) is 13.6. The summed E-state index contributed by atoms with van der Waals surface area (Å²) in [6.07, 6.45) is 0.985. The number of H-pyrrole nitrogens is 1. The molecule has 1 amide bonds. The van der Waals surface area contributed by atoms with Crippen LogP contribution in [0.3, 0.4) is 0 Å². The molecule has 0 aromatic carbocycles. The Morgan fingerprint density at radius 2 is 1.92 bits per heavy atom. The Balaban J connectivity index is 2.72. The number of carbonyl (C=O) groups is 1. The van der Waals surface area contributed by atoms with Crippen LogP contribution in [0.1, 0.15) is 77.3 Å². The van der Waals surface area contributed by atoms with Crippen molar-refractivity contribution in [3.8, 4) is 0 Å². The highest BCUT2D eigenvalue weighted by atomic mass is 19.1. The Labute approximate surface area is 144 Å². The summed E-state index contributed by atoms with van der Waals surface area (Å²) in [6, 6.07) is 0. The van der Waals surface area contributed by atoms with Gasteiger partial charge < -0.3 is 10.1 Å². The van der Waals surface area contributed by atoms with Crippen molar-refractivity contribution in [2.75, 3.05) is 6.54 Å². The highest BCUT2D eigenvalue weighted by molar-refractivity contribution is 5.67. The molecule has 5 nitrogen and oxygen atoms in total. The summed E-state index contributed by atoms with van der Waals surface area (Å²) in [5.74, 6) is 0.167. The molecule has 1 aromatic heterocycles. The molecule has 0 saturated carbocycles. The smallest absolute Gasteiger partial charge is 0.407 e. The van der Waals surface area contributed by atoms with Gasteiger partial charge in [-0.2, -0.15) is 5.10 Å². The number of hydrogen-bond donors (Lipinski definition) is 2. The fourth-order valence-electron chi connectivity index (χ4n) is 2.33. The summed E-state index contributed by atoms with van der Waals surface area (Å²) < 4.78 is 19.4. The van der Waals surface area contributed by atoms with Gasteiger partial charge in [0.1, 0.15) is 11.4 Å². The Morgan fingerprint density at radius 1 is 1.29 bits per heavy atom. The first-order valence-corrected chi connectivity index (χ1v) is 8.39. The van der Waals surface area contributed by atoms with Crippen LogP contribution in [0.25, 0.3) is 0 Å². The zero-order valence-corrected chi connectivity index (χ0v) is 15.8. The molecule has 0 saturated heterocycles. The molecule has 0 aliphatic rings. The van der Waals surface area contributed by atoms with E-state index in [-0.39, 0.29) is 30.6 Å². The second kappa shape index (κ2) is 8.31. The van der Waals surface area contributed by atoms with E-state index in [0.717, 1.165) is 17.0 Å². The molecule has 24 heavy (non-hydrogen) atoms. The van der Waals surface area contributed by atoms with Gasteiger partial charge in [-0.25, -0.2) is 9.18 Å². The van der Waals surface area contributed by atoms with Crippen molar-refractivity contribution in [3.05, 3.63) is 28.9 Å². The van der Waals surface area contributed by atoms with Crippen molar-refractivity contribution in [1.29, 1.82) is 0 Å². The van der Waals surface area contributed by atoms with E-state index in [1.165, 1.54) is 6.08 Å². The average molecular weight is 339 g/mol. The van der Waals surface area contributed by atoms with Gasteiger partial charge in [-0.05, 0) is 38.7 Å². The van der Waals surface area contributed by atoms with Crippen molar-refractivity contribution in [2.45, 2.75) is 72.3 Å². The van der Waals surface area contributed by atoms with Crippen LogP contribution in [0.4, 0.5) is 9.18 Å². The first kappa shape index (κ1) is 20.2. The second-order valence-electron chi connectivity index (χ2n) is 7.52. The Bertz CT molecular complexity index is 558. The summed E-state index contributed by atoms with van der Waals surface area (Å²) in [7, 11) is 0. The number of nitrogens with zero attached hydrogens (tertiary/aromatic N) is 1. The molecule has 0 fully saturated rings. The third-order valence-corrected chi connectivity index (χ3v) is 3.37. The van der Waals surface area contributed by atoms with Crippen molar-refractivity contribution in [2.24, 2.45) is 0 Å². The maximum Gasteiger partial charge on any atom is 0.407 e. The predicted molar refractivity (Wildman–Crippen MR) is 93.9 cm³/mol. The van der Waals surface area contributed by atoms with Crippen LogP contribution >= 0.6 is 0 Å². The molecule has 0 radical (unpaired) electrons. The molecule has 0 aliphatic carbocycles. The number of hydrogen-bond acceptors (Lipinski definition) is 3. The molecule has 1 rings (SSSR count). The van der Waals surface area contributed by atoms with Crippen molar-refractivity contribution < 1.29 is 13.9 Å². The lowest BCUT2D eigenvalue weighted by Gasteiger charge is -2.19. The molecule has 6 heteroatoms. The van der Waals surface area contributed by atoms with E-state index in [1.54, 1.807) is 20.8 Å². The maximum atomic E-state index is 14.3. The SMILES string of the molecule is CC(C)c1n[nH]c(C(C)C)c1C/C(F)=C/CNC(=O)OC(C)(C)C. The van der Waals surface area contributed by atoms with Gasteiger partial charge in [-0.1, -0.05) is 27.7 Å². The number of allylic oxidation sites excluding steroid dienone is 1. The van der Waals surface area contributed by atoms with Crippen LogP contribution in [0.15, 0.2) is 11.9 Å². The van der Waals surface area contributed by atoms with Crippen LogP contribution in [-0.4, -0.2) is 28.4 Å². The highest BCUT2D eigenvalue weighted by Crippen LogP contribution is 2.27. The van der Waals surface area contributed by atoms with Gasteiger partial charge in [0.25, 0.3) is 0 Å². The largest absolute Gasteiger partial charge is 0.444 e. The summed E-state index contributed by atoms with van der Waals surface area (Å²) in [5.41, 5.74) is 2.19. The van der Waals surface area contributed by atoms with Crippen LogP contribution in [0, 0.1) is 0 Å². The summed E-state index contributed by atoms with van der Waals surface area (Å²) in [4.78, 5) is 11.5. The number of halogens is 1. The molecular weight excluding hydrogens is 309 g/mol. The second-order valence-corrected chi connectivity index (χ2v) is 7.52.